The molecule has 0 amide bonds. The first kappa shape index (κ1) is 11.7. The van der Waals surface area contributed by atoms with Gasteiger partial charge in [0.25, 0.3) is 0 Å². The Hall–Kier alpha value is -0.380. The Kier molecular flexibility index (Phi) is 3.70. The van der Waals surface area contributed by atoms with Crippen molar-refractivity contribution in [2.45, 2.75) is 45.2 Å². The normalized spacial score (nSPS) is 27.6. The molecule has 0 aromatic carbocycles. The number of hydrogen-bond acceptors (Lipinski definition) is 3. The Bertz CT molecular complexity index is 211. The van der Waals surface area contributed by atoms with Gasteiger partial charge in [-0.25, -0.2) is 0 Å². The summed E-state index contributed by atoms with van der Waals surface area (Å²) in [4.78, 5) is 0. The minimum atomic E-state index is -0.476. The highest BCUT2D eigenvalue weighted by molar-refractivity contribution is 4.94. The van der Waals surface area contributed by atoms with Gasteiger partial charge in [0, 0.05) is 7.11 Å². The van der Waals surface area contributed by atoms with Crippen molar-refractivity contribution in [3.05, 3.63) is 12.2 Å². The predicted molar refractivity (Wildman–Crippen MR) is 55.1 cm³/mol. The summed E-state index contributed by atoms with van der Waals surface area (Å²) in [7, 11) is 1.70. The fourth-order valence-corrected chi connectivity index (χ4v) is 1.61. The lowest BCUT2D eigenvalue weighted by Crippen LogP contribution is -2.32. The average molecular weight is 200 g/mol. The van der Waals surface area contributed by atoms with Gasteiger partial charge in [-0.2, -0.15) is 0 Å². The molecule has 14 heavy (non-hydrogen) atoms. The minimum Gasteiger partial charge on any atom is -0.378 e. The van der Waals surface area contributed by atoms with Gasteiger partial charge in [-0.3, -0.25) is 0 Å². The second kappa shape index (κ2) is 4.43. The molecule has 2 atom stereocenters. The van der Waals surface area contributed by atoms with Crippen LogP contribution in [-0.4, -0.2) is 31.7 Å². The van der Waals surface area contributed by atoms with Crippen LogP contribution < -0.4 is 0 Å². The van der Waals surface area contributed by atoms with E-state index in [0.29, 0.717) is 6.61 Å². The average Bonchev–Trinajstić information content (AvgIpc) is 2.41. The van der Waals surface area contributed by atoms with E-state index in [9.17, 15) is 0 Å². The predicted octanol–water partition coefficient (Wildman–Crippen LogP) is 2.12. The molecule has 0 N–H and O–H groups in total. The summed E-state index contributed by atoms with van der Waals surface area (Å²) in [6, 6.07) is 0. The van der Waals surface area contributed by atoms with Crippen molar-refractivity contribution in [2.24, 2.45) is 0 Å². The minimum absolute atomic E-state index is 0.0201. The summed E-state index contributed by atoms with van der Waals surface area (Å²) in [5.41, 5.74) is 1.10. The third kappa shape index (κ3) is 3.08. The molecular formula is C11H20O3. The van der Waals surface area contributed by atoms with Crippen molar-refractivity contribution in [1.29, 1.82) is 0 Å². The van der Waals surface area contributed by atoms with E-state index < -0.39 is 5.79 Å². The molecule has 3 heteroatoms. The standard InChI is InChI=1S/C11H20O3/c1-8(2)6-9(12-5)10-7-13-11(3,4)14-10/h9-10H,1,6-7H2,2-5H3/t9-,10+/m0/s1. The highest BCUT2D eigenvalue weighted by Gasteiger charge is 2.37. The highest BCUT2D eigenvalue weighted by Crippen LogP contribution is 2.27. The summed E-state index contributed by atoms with van der Waals surface area (Å²) in [5, 5.41) is 0. The van der Waals surface area contributed by atoms with Crippen molar-refractivity contribution < 1.29 is 14.2 Å². The summed E-state index contributed by atoms with van der Waals surface area (Å²) in [5.74, 6) is -0.476. The van der Waals surface area contributed by atoms with E-state index in [4.69, 9.17) is 14.2 Å². The zero-order valence-electron chi connectivity index (χ0n) is 9.50. The fourth-order valence-electron chi connectivity index (χ4n) is 1.61. The number of methoxy groups -OCH3 is 1. The van der Waals surface area contributed by atoms with E-state index in [-0.39, 0.29) is 12.2 Å². The molecule has 1 aliphatic rings. The number of hydrogen-bond donors (Lipinski definition) is 0. The van der Waals surface area contributed by atoms with Gasteiger partial charge in [-0.15, -0.1) is 6.58 Å². The monoisotopic (exact) mass is 200 g/mol. The summed E-state index contributed by atoms with van der Waals surface area (Å²) >= 11 is 0. The van der Waals surface area contributed by atoms with Crippen LogP contribution >= 0.6 is 0 Å². The number of rotatable bonds is 4. The van der Waals surface area contributed by atoms with E-state index >= 15 is 0 Å². The van der Waals surface area contributed by atoms with Gasteiger partial charge in [0.15, 0.2) is 5.79 Å². The van der Waals surface area contributed by atoms with Crippen LogP contribution in [0.25, 0.3) is 0 Å². The highest BCUT2D eigenvalue weighted by atomic mass is 16.7. The molecule has 1 saturated heterocycles. The molecule has 0 spiro atoms. The lowest BCUT2D eigenvalue weighted by Gasteiger charge is -2.23. The molecule has 0 unspecified atom stereocenters. The summed E-state index contributed by atoms with van der Waals surface area (Å²) in [6.07, 6.45) is 0.890. The molecule has 0 aliphatic carbocycles. The second-order valence-electron chi connectivity index (χ2n) is 4.30. The first-order valence-corrected chi connectivity index (χ1v) is 4.93. The first-order valence-electron chi connectivity index (χ1n) is 4.93. The largest absolute Gasteiger partial charge is 0.378 e. The smallest absolute Gasteiger partial charge is 0.163 e. The molecule has 1 aliphatic heterocycles. The van der Waals surface area contributed by atoms with Gasteiger partial charge < -0.3 is 14.2 Å². The lowest BCUT2D eigenvalue weighted by atomic mass is 10.1. The van der Waals surface area contributed by atoms with E-state index in [1.807, 2.05) is 20.8 Å². The van der Waals surface area contributed by atoms with Gasteiger partial charge in [0.2, 0.25) is 0 Å². The topological polar surface area (TPSA) is 27.7 Å². The second-order valence-corrected chi connectivity index (χ2v) is 4.30. The fraction of sp³-hybridized carbons (Fsp3) is 0.818. The molecule has 0 radical (unpaired) electrons. The molecule has 1 heterocycles. The SMILES string of the molecule is C=C(C)C[C@H](OC)[C@H]1COC(C)(C)O1. The lowest BCUT2D eigenvalue weighted by molar-refractivity contribution is -0.153. The van der Waals surface area contributed by atoms with Crippen molar-refractivity contribution >= 4 is 0 Å². The zero-order valence-corrected chi connectivity index (χ0v) is 9.50. The maximum atomic E-state index is 5.71. The Labute approximate surface area is 86.0 Å². The molecule has 3 nitrogen and oxygen atoms in total. The van der Waals surface area contributed by atoms with Crippen LogP contribution in [0.4, 0.5) is 0 Å². The summed E-state index contributed by atoms with van der Waals surface area (Å²) in [6.45, 7) is 10.3. The Morgan fingerprint density at radius 1 is 1.64 bits per heavy atom. The summed E-state index contributed by atoms with van der Waals surface area (Å²) < 4.78 is 16.6. The van der Waals surface area contributed by atoms with Crippen molar-refractivity contribution in [1.82, 2.24) is 0 Å². The van der Waals surface area contributed by atoms with Crippen molar-refractivity contribution in [2.75, 3.05) is 13.7 Å². The van der Waals surface area contributed by atoms with Crippen LogP contribution in [-0.2, 0) is 14.2 Å². The third-order valence-electron chi connectivity index (χ3n) is 2.30. The van der Waals surface area contributed by atoms with E-state index in [1.54, 1.807) is 7.11 Å². The zero-order chi connectivity index (χ0) is 10.8. The maximum absolute atomic E-state index is 5.71. The molecule has 1 fully saturated rings. The molecule has 0 bridgehead atoms. The van der Waals surface area contributed by atoms with Crippen LogP contribution in [0.1, 0.15) is 27.2 Å². The Balaban J connectivity index is 2.50. The van der Waals surface area contributed by atoms with Gasteiger partial charge in [0.1, 0.15) is 6.10 Å². The van der Waals surface area contributed by atoms with Gasteiger partial charge >= 0.3 is 0 Å². The van der Waals surface area contributed by atoms with Crippen LogP contribution in [0.15, 0.2) is 12.2 Å². The van der Waals surface area contributed by atoms with Crippen molar-refractivity contribution in [3.63, 3.8) is 0 Å². The third-order valence-corrected chi connectivity index (χ3v) is 2.30. The Morgan fingerprint density at radius 2 is 2.29 bits per heavy atom. The Morgan fingerprint density at radius 3 is 2.64 bits per heavy atom. The maximum Gasteiger partial charge on any atom is 0.163 e. The van der Waals surface area contributed by atoms with Crippen LogP contribution in [0, 0.1) is 0 Å². The van der Waals surface area contributed by atoms with E-state index in [0.717, 1.165) is 12.0 Å². The molecule has 82 valence electrons. The van der Waals surface area contributed by atoms with Crippen LogP contribution in [0.3, 0.4) is 0 Å². The van der Waals surface area contributed by atoms with E-state index in [2.05, 4.69) is 6.58 Å². The van der Waals surface area contributed by atoms with Gasteiger partial charge in [-0.05, 0) is 27.2 Å². The molecule has 1 rings (SSSR count). The molecule has 0 aromatic rings. The van der Waals surface area contributed by atoms with Gasteiger partial charge in [0.05, 0.1) is 12.7 Å². The molecular weight excluding hydrogens is 180 g/mol. The first-order chi connectivity index (χ1) is 6.44. The van der Waals surface area contributed by atoms with Crippen LogP contribution in [0.5, 0.6) is 0 Å². The quantitative estimate of drug-likeness (QED) is 0.651. The van der Waals surface area contributed by atoms with Crippen LogP contribution in [0.2, 0.25) is 0 Å². The molecule has 0 saturated carbocycles. The van der Waals surface area contributed by atoms with E-state index in [1.165, 1.54) is 0 Å². The number of ether oxygens (including phenoxy) is 3. The molecule has 0 aromatic heterocycles. The van der Waals surface area contributed by atoms with Gasteiger partial charge in [-0.1, -0.05) is 5.57 Å². The van der Waals surface area contributed by atoms with Crippen molar-refractivity contribution in [3.8, 4) is 0 Å².